The molecule has 2 aromatic rings. The number of anilines is 2. The molecule has 0 atom stereocenters. The van der Waals surface area contributed by atoms with Crippen molar-refractivity contribution in [3.63, 3.8) is 0 Å². The molecule has 8 heteroatoms. The number of amides is 3. The second-order valence-electron chi connectivity index (χ2n) is 3.38. The Balaban J connectivity index is 2.02. The van der Waals surface area contributed by atoms with Crippen LogP contribution in [0.15, 0.2) is 30.5 Å². The van der Waals surface area contributed by atoms with Gasteiger partial charge in [0.1, 0.15) is 0 Å². The highest BCUT2D eigenvalue weighted by Gasteiger charge is 2.08. The van der Waals surface area contributed by atoms with Crippen LogP contribution in [0, 0.1) is 0 Å². The number of hydrogen-bond acceptors (Lipinski definition) is 4. The molecule has 0 spiro atoms. The second-order valence-corrected chi connectivity index (χ2v) is 3.38. The van der Waals surface area contributed by atoms with Gasteiger partial charge in [0.05, 0.1) is 6.20 Å². The molecule has 0 aliphatic carbocycles. The molecule has 0 saturated heterocycles. The highest BCUT2D eigenvalue weighted by molar-refractivity contribution is 6.02. The van der Waals surface area contributed by atoms with Gasteiger partial charge in [0.15, 0.2) is 5.69 Å². The van der Waals surface area contributed by atoms with Crippen LogP contribution in [0.4, 0.5) is 16.2 Å². The van der Waals surface area contributed by atoms with E-state index in [2.05, 4.69) is 26.0 Å². The molecule has 0 unspecified atom stereocenters. The van der Waals surface area contributed by atoms with Gasteiger partial charge in [0.2, 0.25) is 0 Å². The molecule has 0 aliphatic heterocycles. The SMILES string of the molecule is NC(=O)Nc1ccc(NC(=O)c2cn[nH]n2)cc1. The van der Waals surface area contributed by atoms with Crippen LogP contribution >= 0.6 is 0 Å². The number of aromatic amines is 1. The van der Waals surface area contributed by atoms with Crippen molar-refractivity contribution in [1.82, 2.24) is 15.4 Å². The fourth-order valence-corrected chi connectivity index (χ4v) is 1.29. The Kier molecular flexibility index (Phi) is 3.19. The van der Waals surface area contributed by atoms with Crippen molar-refractivity contribution >= 4 is 23.3 Å². The first kappa shape index (κ1) is 11.6. The number of carbonyl (C=O) groups is 2. The quantitative estimate of drug-likeness (QED) is 0.630. The maximum atomic E-state index is 11.6. The summed E-state index contributed by atoms with van der Waals surface area (Å²) < 4.78 is 0. The third kappa shape index (κ3) is 2.82. The van der Waals surface area contributed by atoms with Gasteiger partial charge in [0.25, 0.3) is 5.91 Å². The molecule has 5 N–H and O–H groups in total. The first-order chi connectivity index (χ1) is 8.65. The van der Waals surface area contributed by atoms with Crippen molar-refractivity contribution in [2.75, 3.05) is 10.6 Å². The zero-order valence-corrected chi connectivity index (χ0v) is 9.18. The highest BCUT2D eigenvalue weighted by atomic mass is 16.2. The van der Waals surface area contributed by atoms with E-state index in [9.17, 15) is 9.59 Å². The summed E-state index contributed by atoms with van der Waals surface area (Å²) in [6.07, 6.45) is 1.32. The molecule has 3 amide bonds. The summed E-state index contributed by atoms with van der Waals surface area (Å²) in [5, 5.41) is 14.6. The van der Waals surface area contributed by atoms with Crippen LogP contribution < -0.4 is 16.4 Å². The number of hydrogen-bond donors (Lipinski definition) is 4. The molecule has 18 heavy (non-hydrogen) atoms. The Morgan fingerprint density at radius 1 is 1.11 bits per heavy atom. The first-order valence-electron chi connectivity index (χ1n) is 4.99. The number of benzene rings is 1. The molecule has 1 aromatic heterocycles. The number of urea groups is 1. The van der Waals surface area contributed by atoms with Crippen LogP contribution in [0.5, 0.6) is 0 Å². The molecule has 0 bridgehead atoms. The van der Waals surface area contributed by atoms with Crippen molar-refractivity contribution in [1.29, 1.82) is 0 Å². The maximum Gasteiger partial charge on any atom is 0.316 e. The lowest BCUT2D eigenvalue weighted by Crippen LogP contribution is -2.19. The van der Waals surface area contributed by atoms with E-state index < -0.39 is 6.03 Å². The lowest BCUT2D eigenvalue weighted by atomic mass is 10.2. The van der Waals surface area contributed by atoms with E-state index in [0.717, 1.165) is 0 Å². The summed E-state index contributed by atoms with van der Waals surface area (Å²) in [6, 6.07) is 5.84. The predicted molar refractivity (Wildman–Crippen MR) is 64.0 cm³/mol. The number of nitrogens with one attached hydrogen (secondary N) is 3. The average molecular weight is 246 g/mol. The van der Waals surface area contributed by atoms with Crippen LogP contribution in [-0.2, 0) is 0 Å². The zero-order valence-electron chi connectivity index (χ0n) is 9.18. The minimum atomic E-state index is -0.644. The summed E-state index contributed by atoms with van der Waals surface area (Å²) >= 11 is 0. The van der Waals surface area contributed by atoms with Gasteiger partial charge in [-0.15, -0.1) is 0 Å². The van der Waals surface area contributed by atoms with E-state index in [1.54, 1.807) is 24.3 Å². The molecule has 92 valence electrons. The standard InChI is InChI=1S/C10H10N6O2/c11-10(18)14-7-3-1-6(2-4-7)13-9(17)8-5-12-16-15-8/h1-5H,(H,13,17)(H3,11,14,18)(H,12,15,16). The fourth-order valence-electron chi connectivity index (χ4n) is 1.29. The van der Waals surface area contributed by atoms with Gasteiger partial charge in [-0.2, -0.15) is 15.4 Å². The van der Waals surface area contributed by atoms with Gasteiger partial charge in [0, 0.05) is 11.4 Å². The summed E-state index contributed by atoms with van der Waals surface area (Å²) in [6.45, 7) is 0. The van der Waals surface area contributed by atoms with E-state index in [1.807, 2.05) is 0 Å². The molecule has 0 radical (unpaired) electrons. The third-order valence-corrected chi connectivity index (χ3v) is 2.06. The minimum Gasteiger partial charge on any atom is -0.351 e. The Morgan fingerprint density at radius 2 is 1.72 bits per heavy atom. The van der Waals surface area contributed by atoms with Crippen molar-refractivity contribution in [2.45, 2.75) is 0 Å². The Morgan fingerprint density at radius 3 is 2.22 bits per heavy atom. The monoisotopic (exact) mass is 246 g/mol. The van der Waals surface area contributed by atoms with Gasteiger partial charge in [-0.1, -0.05) is 0 Å². The topological polar surface area (TPSA) is 126 Å². The van der Waals surface area contributed by atoms with Crippen LogP contribution in [0.1, 0.15) is 10.5 Å². The largest absolute Gasteiger partial charge is 0.351 e. The number of nitrogens with two attached hydrogens (primary N) is 1. The van der Waals surface area contributed by atoms with Crippen molar-refractivity contribution in [3.05, 3.63) is 36.2 Å². The molecule has 1 heterocycles. The Hall–Kier alpha value is -2.90. The predicted octanol–water partition coefficient (Wildman–Crippen LogP) is 0.548. The van der Waals surface area contributed by atoms with Gasteiger partial charge < -0.3 is 16.4 Å². The molecule has 1 aromatic carbocycles. The van der Waals surface area contributed by atoms with E-state index in [-0.39, 0.29) is 11.6 Å². The molecule has 0 saturated carbocycles. The van der Waals surface area contributed by atoms with Crippen molar-refractivity contribution in [3.8, 4) is 0 Å². The Labute approximate surface area is 102 Å². The van der Waals surface area contributed by atoms with Crippen molar-refractivity contribution < 1.29 is 9.59 Å². The highest BCUT2D eigenvalue weighted by Crippen LogP contribution is 2.13. The van der Waals surface area contributed by atoms with Crippen LogP contribution in [-0.4, -0.2) is 27.3 Å². The number of aromatic nitrogens is 3. The smallest absolute Gasteiger partial charge is 0.316 e. The number of H-pyrrole nitrogens is 1. The van der Waals surface area contributed by atoms with Crippen LogP contribution in [0.3, 0.4) is 0 Å². The molecular formula is C10H10N6O2. The number of carbonyl (C=O) groups excluding carboxylic acids is 2. The maximum absolute atomic E-state index is 11.6. The third-order valence-electron chi connectivity index (χ3n) is 2.06. The number of primary amides is 1. The average Bonchev–Trinajstić information content (AvgIpc) is 2.84. The summed E-state index contributed by atoms with van der Waals surface area (Å²) in [5.41, 5.74) is 6.27. The van der Waals surface area contributed by atoms with E-state index in [4.69, 9.17) is 5.73 Å². The molecule has 0 fully saturated rings. The van der Waals surface area contributed by atoms with Crippen LogP contribution in [0.2, 0.25) is 0 Å². The normalized spacial score (nSPS) is 9.78. The summed E-state index contributed by atoms with van der Waals surface area (Å²) in [7, 11) is 0. The van der Waals surface area contributed by atoms with E-state index in [1.165, 1.54) is 6.20 Å². The summed E-state index contributed by atoms with van der Waals surface area (Å²) in [4.78, 5) is 22.2. The Bertz CT molecular complexity index is 548. The van der Waals surface area contributed by atoms with Gasteiger partial charge in [-0.25, -0.2) is 4.79 Å². The molecular weight excluding hydrogens is 236 g/mol. The number of rotatable bonds is 3. The second kappa shape index (κ2) is 4.95. The molecule has 0 aliphatic rings. The molecule has 8 nitrogen and oxygen atoms in total. The molecule has 2 rings (SSSR count). The summed E-state index contributed by atoms with van der Waals surface area (Å²) in [5.74, 6) is -0.376. The van der Waals surface area contributed by atoms with Gasteiger partial charge >= 0.3 is 6.03 Å². The van der Waals surface area contributed by atoms with E-state index >= 15 is 0 Å². The van der Waals surface area contributed by atoms with Crippen molar-refractivity contribution in [2.24, 2.45) is 5.73 Å². The van der Waals surface area contributed by atoms with Gasteiger partial charge in [-0.05, 0) is 24.3 Å². The van der Waals surface area contributed by atoms with E-state index in [0.29, 0.717) is 11.4 Å². The lowest BCUT2D eigenvalue weighted by molar-refractivity contribution is 0.102. The zero-order chi connectivity index (χ0) is 13.0. The minimum absolute atomic E-state index is 0.189. The van der Waals surface area contributed by atoms with Crippen LogP contribution in [0.25, 0.3) is 0 Å². The lowest BCUT2D eigenvalue weighted by Gasteiger charge is -2.05. The fraction of sp³-hybridized carbons (Fsp3) is 0. The first-order valence-corrected chi connectivity index (χ1v) is 4.99. The van der Waals surface area contributed by atoms with Gasteiger partial charge in [-0.3, -0.25) is 4.79 Å². The number of nitrogens with zero attached hydrogens (tertiary/aromatic N) is 2.